The predicted octanol–water partition coefficient (Wildman–Crippen LogP) is 4.11. The smallest absolute Gasteiger partial charge is 0.253 e. The van der Waals surface area contributed by atoms with Gasteiger partial charge in [-0.1, -0.05) is 37.0 Å². The zero-order valence-corrected chi connectivity index (χ0v) is 12.1. The molecule has 2 rings (SSSR count). The number of carbonyl (C=O) groups is 1. The molecule has 0 spiro atoms. The molecule has 1 aromatic carbocycles. The van der Waals surface area contributed by atoms with Crippen molar-refractivity contribution in [3.8, 4) is 0 Å². The van der Waals surface area contributed by atoms with E-state index in [4.69, 9.17) is 23.2 Å². The molecule has 1 saturated heterocycles. The molecule has 0 N–H and O–H groups in total. The summed E-state index contributed by atoms with van der Waals surface area (Å²) in [6.07, 6.45) is 1.19. The Morgan fingerprint density at radius 3 is 2.33 bits per heavy atom. The molecular weight excluding hydrogens is 269 g/mol. The number of halogens is 2. The van der Waals surface area contributed by atoms with Crippen molar-refractivity contribution < 1.29 is 4.79 Å². The second-order valence-corrected chi connectivity index (χ2v) is 6.10. The lowest BCUT2D eigenvalue weighted by molar-refractivity contribution is 0.0623. The minimum Gasteiger partial charge on any atom is -0.338 e. The minimum atomic E-state index is 0.0481. The first-order valence-electron chi connectivity index (χ1n) is 6.21. The van der Waals surface area contributed by atoms with Gasteiger partial charge in [0.05, 0.1) is 10.0 Å². The van der Waals surface area contributed by atoms with Crippen LogP contribution in [0, 0.1) is 11.8 Å². The van der Waals surface area contributed by atoms with Crippen LogP contribution in [-0.2, 0) is 0 Å². The van der Waals surface area contributed by atoms with Crippen molar-refractivity contribution >= 4 is 29.1 Å². The molecule has 0 radical (unpaired) electrons. The monoisotopic (exact) mass is 285 g/mol. The van der Waals surface area contributed by atoms with Gasteiger partial charge in [-0.05, 0) is 36.5 Å². The van der Waals surface area contributed by atoms with Crippen LogP contribution in [0.1, 0.15) is 30.6 Å². The first-order valence-corrected chi connectivity index (χ1v) is 6.97. The van der Waals surface area contributed by atoms with E-state index in [0.717, 1.165) is 13.1 Å². The number of hydrogen-bond acceptors (Lipinski definition) is 1. The molecule has 2 atom stereocenters. The van der Waals surface area contributed by atoms with E-state index in [0.29, 0.717) is 27.4 Å². The van der Waals surface area contributed by atoms with E-state index in [-0.39, 0.29) is 5.91 Å². The van der Waals surface area contributed by atoms with E-state index in [1.165, 1.54) is 6.42 Å². The maximum absolute atomic E-state index is 12.4. The molecule has 98 valence electrons. The van der Waals surface area contributed by atoms with Gasteiger partial charge in [-0.3, -0.25) is 4.79 Å². The van der Waals surface area contributed by atoms with E-state index in [1.807, 2.05) is 4.90 Å². The third-order valence-corrected chi connectivity index (χ3v) is 4.06. The second kappa shape index (κ2) is 5.50. The van der Waals surface area contributed by atoms with E-state index < -0.39 is 0 Å². The van der Waals surface area contributed by atoms with Crippen molar-refractivity contribution in [2.75, 3.05) is 13.1 Å². The van der Waals surface area contributed by atoms with Crippen LogP contribution in [0.15, 0.2) is 18.2 Å². The Labute approximate surface area is 118 Å². The summed E-state index contributed by atoms with van der Waals surface area (Å²) in [6.45, 7) is 6.02. The van der Waals surface area contributed by atoms with Gasteiger partial charge in [-0.25, -0.2) is 0 Å². The Bertz CT molecular complexity index is 451. The minimum absolute atomic E-state index is 0.0481. The largest absolute Gasteiger partial charge is 0.338 e. The quantitative estimate of drug-likeness (QED) is 0.760. The molecule has 0 saturated carbocycles. The summed E-state index contributed by atoms with van der Waals surface area (Å²) in [5.41, 5.74) is 0.616. The summed E-state index contributed by atoms with van der Waals surface area (Å²) in [4.78, 5) is 14.3. The van der Waals surface area contributed by atoms with Gasteiger partial charge in [-0.2, -0.15) is 0 Å². The molecule has 1 aliphatic heterocycles. The molecule has 0 unspecified atom stereocenters. The number of amides is 1. The summed E-state index contributed by atoms with van der Waals surface area (Å²) in [6, 6.07) is 5.06. The lowest BCUT2D eigenvalue weighted by atomic mass is 9.91. The van der Waals surface area contributed by atoms with Gasteiger partial charge >= 0.3 is 0 Å². The van der Waals surface area contributed by atoms with E-state index in [2.05, 4.69) is 13.8 Å². The zero-order chi connectivity index (χ0) is 13.3. The standard InChI is InChI=1S/C14H17Cl2NO/c1-9-5-10(2)8-17(7-9)14(18)11-3-4-12(15)13(16)6-11/h3-4,6,9-10H,5,7-8H2,1-2H3/t9-,10-/m1/s1. The third-order valence-electron chi connectivity index (χ3n) is 3.32. The van der Waals surface area contributed by atoms with Crippen LogP contribution in [0.25, 0.3) is 0 Å². The number of carbonyl (C=O) groups excluding carboxylic acids is 1. The number of benzene rings is 1. The van der Waals surface area contributed by atoms with Gasteiger partial charge in [0.15, 0.2) is 0 Å². The number of piperidine rings is 1. The average molecular weight is 286 g/mol. The van der Waals surface area contributed by atoms with E-state index in [9.17, 15) is 4.79 Å². The summed E-state index contributed by atoms with van der Waals surface area (Å²) in [5.74, 6) is 1.16. The molecule has 0 aliphatic carbocycles. The third kappa shape index (κ3) is 2.99. The van der Waals surface area contributed by atoms with E-state index >= 15 is 0 Å². The van der Waals surface area contributed by atoms with Crippen molar-refractivity contribution in [3.63, 3.8) is 0 Å². The summed E-state index contributed by atoms with van der Waals surface area (Å²) < 4.78 is 0. The van der Waals surface area contributed by atoms with Crippen molar-refractivity contribution in [2.45, 2.75) is 20.3 Å². The Hall–Kier alpha value is -0.730. The Morgan fingerprint density at radius 2 is 1.78 bits per heavy atom. The summed E-state index contributed by atoms with van der Waals surface area (Å²) in [5, 5.41) is 0.911. The lowest BCUT2D eigenvalue weighted by Gasteiger charge is -2.35. The fraction of sp³-hybridized carbons (Fsp3) is 0.500. The molecule has 4 heteroatoms. The van der Waals surface area contributed by atoms with Crippen molar-refractivity contribution in [1.29, 1.82) is 0 Å². The predicted molar refractivity (Wildman–Crippen MR) is 75.3 cm³/mol. The molecule has 2 nitrogen and oxygen atoms in total. The van der Waals surface area contributed by atoms with Gasteiger partial charge in [0.25, 0.3) is 5.91 Å². The second-order valence-electron chi connectivity index (χ2n) is 5.29. The number of rotatable bonds is 1. The van der Waals surface area contributed by atoms with E-state index in [1.54, 1.807) is 18.2 Å². The molecule has 1 aromatic rings. The van der Waals surface area contributed by atoms with Gasteiger partial charge in [0.2, 0.25) is 0 Å². The highest BCUT2D eigenvalue weighted by Gasteiger charge is 2.26. The van der Waals surface area contributed by atoms with Crippen LogP contribution in [-0.4, -0.2) is 23.9 Å². The van der Waals surface area contributed by atoms with Crippen LogP contribution >= 0.6 is 23.2 Å². The molecule has 1 heterocycles. The molecule has 0 bridgehead atoms. The number of hydrogen-bond donors (Lipinski definition) is 0. The van der Waals surface area contributed by atoms with Crippen molar-refractivity contribution in [1.82, 2.24) is 4.90 Å². The Kier molecular flexibility index (Phi) is 4.18. The fourth-order valence-corrected chi connectivity index (χ4v) is 2.94. The van der Waals surface area contributed by atoms with Crippen molar-refractivity contribution in [2.24, 2.45) is 11.8 Å². The number of likely N-dealkylation sites (tertiary alicyclic amines) is 1. The maximum atomic E-state index is 12.4. The molecule has 18 heavy (non-hydrogen) atoms. The van der Waals surface area contributed by atoms with Crippen molar-refractivity contribution in [3.05, 3.63) is 33.8 Å². The highest BCUT2D eigenvalue weighted by Crippen LogP contribution is 2.26. The first kappa shape index (κ1) is 13.7. The Morgan fingerprint density at radius 1 is 1.17 bits per heavy atom. The summed E-state index contributed by atoms with van der Waals surface area (Å²) in [7, 11) is 0. The molecule has 1 fully saturated rings. The zero-order valence-electron chi connectivity index (χ0n) is 10.6. The molecule has 0 aromatic heterocycles. The van der Waals surface area contributed by atoms with Gasteiger partial charge in [0, 0.05) is 18.7 Å². The SMILES string of the molecule is C[C@@H]1C[C@@H](C)CN(C(=O)c2ccc(Cl)c(Cl)c2)C1. The maximum Gasteiger partial charge on any atom is 0.253 e. The molecular formula is C14H17Cl2NO. The fourth-order valence-electron chi connectivity index (χ4n) is 2.64. The lowest BCUT2D eigenvalue weighted by Crippen LogP contribution is -2.42. The van der Waals surface area contributed by atoms with Crippen LogP contribution in [0.4, 0.5) is 0 Å². The topological polar surface area (TPSA) is 20.3 Å². The average Bonchev–Trinajstić information content (AvgIpc) is 2.30. The Balaban J connectivity index is 2.17. The van der Waals surface area contributed by atoms with Crippen LogP contribution < -0.4 is 0 Å². The molecule has 1 amide bonds. The van der Waals surface area contributed by atoms with Gasteiger partial charge in [0.1, 0.15) is 0 Å². The first-order chi connectivity index (χ1) is 8.47. The highest BCUT2D eigenvalue weighted by molar-refractivity contribution is 6.42. The van der Waals surface area contributed by atoms with Gasteiger partial charge in [-0.15, -0.1) is 0 Å². The number of nitrogens with zero attached hydrogens (tertiary/aromatic N) is 1. The van der Waals surface area contributed by atoms with Crippen LogP contribution in [0.3, 0.4) is 0 Å². The van der Waals surface area contributed by atoms with Gasteiger partial charge < -0.3 is 4.90 Å². The normalized spacial score (nSPS) is 24.1. The highest BCUT2D eigenvalue weighted by atomic mass is 35.5. The van der Waals surface area contributed by atoms with Crippen LogP contribution in [0.2, 0.25) is 10.0 Å². The van der Waals surface area contributed by atoms with Crippen LogP contribution in [0.5, 0.6) is 0 Å². The summed E-state index contributed by atoms with van der Waals surface area (Å²) >= 11 is 11.8. The molecule has 1 aliphatic rings.